The Bertz CT molecular complexity index is 1210. The lowest BCUT2D eigenvalue weighted by molar-refractivity contribution is -0.123. The lowest BCUT2D eigenvalue weighted by atomic mass is 10.0. The summed E-state index contributed by atoms with van der Waals surface area (Å²) in [6.07, 6.45) is 0.528. The molecule has 1 aromatic heterocycles. The van der Waals surface area contributed by atoms with Crippen molar-refractivity contribution in [2.75, 3.05) is 25.1 Å². The molecule has 2 aliphatic rings. The van der Waals surface area contributed by atoms with Crippen molar-refractivity contribution in [3.05, 3.63) is 75.0 Å². The quantitative estimate of drug-likeness (QED) is 0.533. The molecule has 3 heterocycles. The van der Waals surface area contributed by atoms with Gasteiger partial charge in [-0.25, -0.2) is 4.68 Å². The van der Waals surface area contributed by atoms with Crippen LogP contribution in [0, 0.1) is 0 Å². The molecule has 5 rings (SSSR count). The van der Waals surface area contributed by atoms with E-state index >= 15 is 0 Å². The number of benzene rings is 2. The van der Waals surface area contributed by atoms with E-state index in [1.807, 2.05) is 48.5 Å². The van der Waals surface area contributed by atoms with Crippen LogP contribution in [0.4, 0.5) is 5.69 Å². The molecular formula is C23H20BrClN4O3. The third-order valence-electron chi connectivity index (χ3n) is 5.89. The molecule has 0 unspecified atom stereocenters. The molecule has 0 bridgehead atoms. The van der Waals surface area contributed by atoms with Crippen LogP contribution in [0.3, 0.4) is 0 Å². The summed E-state index contributed by atoms with van der Waals surface area (Å²) >= 11 is 10.0. The van der Waals surface area contributed by atoms with E-state index in [0.717, 1.165) is 15.6 Å². The SMILES string of the molecule is CN1C(=O)[C@@H](N2CCc3c(nn(Cc4ccccc4)c3Cl)C2=O)COc2ccc(Br)cc21. The maximum Gasteiger partial charge on any atom is 0.275 e. The highest BCUT2D eigenvalue weighted by molar-refractivity contribution is 9.10. The molecule has 2 amide bonds. The minimum absolute atomic E-state index is 0.0807. The minimum atomic E-state index is -0.745. The smallest absolute Gasteiger partial charge is 0.275 e. The van der Waals surface area contributed by atoms with Crippen LogP contribution in [0.15, 0.2) is 53.0 Å². The molecule has 1 atom stereocenters. The van der Waals surface area contributed by atoms with Gasteiger partial charge in [0, 0.05) is 23.6 Å². The fourth-order valence-electron chi connectivity index (χ4n) is 4.18. The van der Waals surface area contributed by atoms with E-state index in [-0.39, 0.29) is 18.4 Å². The average molecular weight is 516 g/mol. The maximum atomic E-state index is 13.4. The van der Waals surface area contributed by atoms with Crippen molar-refractivity contribution in [1.29, 1.82) is 0 Å². The zero-order chi connectivity index (χ0) is 22.4. The van der Waals surface area contributed by atoms with Gasteiger partial charge in [-0.15, -0.1) is 0 Å². The summed E-state index contributed by atoms with van der Waals surface area (Å²) in [6, 6.07) is 14.6. The largest absolute Gasteiger partial charge is 0.489 e. The van der Waals surface area contributed by atoms with Crippen molar-refractivity contribution in [2.45, 2.75) is 19.0 Å². The van der Waals surface area contributed by atoms with Gasteiger partial charge < -0.3 is 14.5 Å². The van der Waals surface area contributed by atoms with Crippen LogP contribution in [0.5, 0.6) is 5.75 Å². The number of aromatic nitrogens is 2. The normalized spacial score (nSPS) is 18.2. The number of rotatable bonds is 3. The molecule has 164 valence electrons. The molecule has 9 heteroatoms. The maximum absolute atomic E-state index is 13.4. The molecule has 2 aliphatic heterocycles. The minimum Gasteiger partial charge on any atom is -0.489 e. The predicted molar refractivity (Wildman–Crippen MR) is 124 cm³/mol. The van der Waals surface area contributed by atoms with Gasteiger partial charge in [-0.2, -0.15) is 5.10 Å². The Balaban J connectivity index is 1.42. The van der Waals surface area contributed by atoms with Crippen LogP contribution in [0.1, 0.15) is 21.6 Å². The highest BCUT2D eigenvalue weighted by atomic mass is 79.9. The second kappa shape index (κ2) is 8.26. The Kier molecular flexibility index (Phi) is 5.43. The van der Waals surface area contributed by atoms with Gasteiger partial charge in [0.1, 0.15) is 23.6 Å². The highest BCUT2D eigenvalue weighted by Gasteiger charge is 2.40. The molecule has 0 saturated carbocycles. The first-order valence-electron chi connectivity index (χ1n) is 10.2. The monoisotopic (exact) mass is 514 g/mol. The first-order valence-corrected chi connectivity index (χ1v) is 11.4. The first-order chi connectivity index (χ1) is 15.4. The molecule has 3 aromatic rings. The van der Waals surface area contributed by atoms with Crippen LogP contribution < -0.4 is 9.64 Å². The van der Waals surface area contributed by atoms with Crippen LogP contribution in [0.25, 0.3) is 0 Å². The summed E-state index contributed by atoms with van der Waals surface area (Å²) in [5.41, 5.74) is 2.73. The standard InChI is InChI=1S/C23H20BrClN4O3/c1-27-17-11-15(24)7-8-19(17)32-13-18(22(27)30)28-10-9-16-20(23(28)31)26-29(21(16)25)12-14-5-3-2-4-6-14/h2-8,11,18H,9-10,12-13H2,1H3/t18-/m0/s1. The first kappa shape index (κ1) is 21.0. The van der Waals surface area contributed by atoms with Crippen molar-refractivity contribution in [1.82, 2.24) is 14.7 Å². The third kappa shape index (κ3) is 3.57. The third-order valence-corrected chi connectivity index (χ3v) is 6.81. The fourth-order valence-corrected chi connectivity index (χ4v) is 4.81. The topological polar surface area (TPSA) is 67.7 Å². The van der Waals surface area contributed by atoms with Crippen molar-refractivity contribution < 1.29 is 14.3 Å². The molecule has 0 saturated heterocycles. The Morgan fingerprint density at radius 1 is 1.19 bits per heavy atom. The molecule has 0 fully saturated rings. The summed E-state index contributed by atoms with van der Waals surface area (Å²) in [5, 5.41) is 4.98. The van der Waals surface area contributed by atoms with Gasteiger partial charge >= 0.3 is 0 Å². The zero-order valence-corrected chi connectivity index (χ0v) is 19.6. The van der Waals surface area contributed by atoms with E-state index in [1.165, 1.54) is 0 Å². The molecule has 2 aromatic carbocycles. The van der Waals surface area contributed by atoms with Gasteiger partial charge in [-0.1, -0.05) is 57.9 Å². The zero-order valence-electron chi connectivity index (χ0n) is 17.3. The molecule has 0 aliphatic carbocycles. The Morgan fingerprint density at radius 3 is 2.75 bits per heavy atom. The summed E-state index contributed by atoms with van der Waals surface area (Å²) in [6.45, 7) is 0.923. The number of carbonyl (C=O) groups excluding carboxylic acids is 2. The molecule has 0 N–H and O–H groups in total. The van der Waals surface area contributed by atoms with Gasteiger partial charge in [0.15, 0.2) is 5.69 Å². The van der Waals surface area contributed by atoms with E-state index in [9.17, 15) is 9.59 Å². The van der Waals surface area contributed by atoms with Gasteiger partial charge in [-0.3, -0.25) is 9.59 Å². The number of nitrogens with zero attached hydrogens (tertiary/aromatic N) is 4. The lowest BCUT2D eigenvalue weighted by Gasteiger charge is -2.33. The highest BCUT2D eigenvalue weighted by Crippen LogP contribution is 2.35. The number of amides is 2. The number of hydrogen-bond acceptors (Lipinski definition) is 4. The van der Waals surface area contributed by atoms with Crippen molar-refractivity contribution in [3.8, 4) is 5.75 Å². The Labute approximate surface area is 198 Å². The van der Waals surface area contributed by atoms with Crippen molar-refractivity contribution in [2.24, 2.45) is 0 Å². The number of ether oxygens (including phenoxy) is 1. The average Bonchev–Trinajstić information content (AvgIpc) is 3.05. The number of anilines is 1. The Hall–Kier alpha value is -2.84. The summed E-state index contributed by atoms with van der Waals surface area (Å²) in [5.74, 6) is 0.0998. The van der Waals surface area contributed by atoms with Crippen LogP contribution in [-0.2, 0) is 17.8 Å². The van der Waals surface area contributed by atoms with Crippen molar-refractivity contribution >= 4 is 45.0 Å². The second-order valence-electron chi connectivity index (χ2n) is 7.85. The second-order valence-corrected chi connectivity index (χ2v) is 9.12. The lowest BCUT2D eigenvalue weighted by Crippen LogP contribution is -2.54. The molecule has 0 radical (unpaired) electrons. The molecular weight excluding hydrogens is 496 g/mol. The summed E-state index contributed by atoms with van der Waals surface area (Å²) in [7, 11) is 1.70. The van der Waals surface area contributed by atoms with Gasteiger partial charge in [0.2, 0.25) is 0 Å². The number of carbonyl (C=O) groups is 2. The number of halogens is 2. The number of fused-ring (bicyclic) bond motifs is 2. The summed E-state index contributed by atoms with van der Waals surface area (Å²) in [4.78, 5) is 29.8. The van der Waals surface area contributed by atoms with E-state index in [1.54, 1.807) is 21.5 Å². The van der Waals surface area contributed by atoms with Crippen LogP contribution in [0.2, 0.25) is 5.15 Å². The van der Waals surface area contributed by atoms with E-state index in [0.29, 0.717) is 41.8 Å². The Morgan fingerprint density at radius 2 is 1.97 bits per heavy atom. The fraction of sp³-hybridized carbons (Fsp3) is 0.261. The summed E-state index contributed by atoms with van der Waals surface area (Å²) < 4.78 is 8.41. The van der Waals surface area contributed by atoms with Crippen LogP contribution >= 0.6 is 27.5 Å². The predicted octanol–water partition coefficient (Wildman–Crippen LogP) is 3.77. The van der Waals surface area contributed by atoms with Gasteiger partial charge in [0.25, 0.3) is 11.8 Å². The molecule has 0 spiro atoms. The van der Waals surface area contributed by atoms with Crippen LogP contribution in [-0.4, -0.2) is 52.7 Å². The van der Waals surface area contributed by atoms with E-state index < -0.39 is 6.04 Å². The van der Waals surface area contributed by atoms with Crippen molar-refractivity contribution in [3.63, 3.8) is 0 Å². The molecule has 32 heavy (non-hydrogen) atoms. The number of hydrogen-bond donors (Lipinski definition) is 0. The number of likely N-dealkylation sites (N-methyl/N-ethyl adjacent to an activating group) is 1. The van der Waals surface area contributed by atoms with E-state index in [4.69, 9.17) is 16.3 Å². The van der Waals surface area contributed by atoms with E-state index in [2.05, 4.69) is 21.0 Å². The molecule has 7 nitrogen and oxygen atoms in total. The van der Waals surface area contributed by atoms with Gasteiger partial charge in [-0.05, 0) is 30.2 Å². The van der Waals surface area contributed by atoms with Gasteiger partial charge in [0.05, 0.1) is 12.2 Å².